The van der Waals surface area contributed by atoms with Gasteiger partial charge in [-0.1, -0.05) is 142 Å². The van der Waals surface area contributed by atoms with Crippen molar-refractivity contribution in [1.29, 1.82) is 0 Å². The minimum absolute atomic E-state index is 0. The number of hydrogen-bond acceptors (Lipinski definition) is 4. The Balaban J connectivity index is -0.000000280. The molecule has 114 heavy (non-hydrogen) atoms. The molecule has 0 bridgehead atoms. The fraction of sp³-hybridized carbons (Fsp3) is 0.231. The summed E-state index contributed by atoms with van der Waals surface area (Å²) in [6.07, 6.45) is 62.8. The van der Waals surface area contributed by atoms with Crippen molar-refractivity contribution in [3.05, 3.63) is 335 Å². The third kappa shape index (κ3) is 70.7. The predicted molar refractivity (Wildman–Crippen MR) is 442 cm³/mol. The van der Waals surface area contributed by atoms with Crippen LogP contribution in [0.5, 0.6) is 0 Å². The van der Waals surface area contributed by atoms with Gasteiger partial charge in [0.05, 0.1) is 0 Å². The van der Waals surface area contributed by atoms with Gasteiger partial charge in [-0.3, -0.25) is 47.4 Å². The molecule has 4 nitrogen and oxygen atoms in total. The molecule has 12 rings (SSSR count). The SMILES string of the molecule is C1CCOC1.C1CCOC1.C1CCOC1.C1CCOC1.[Ag].[Ag].[Ag].[Ag].[C-]#CC#Cc1ccc(C)cc1.[C-]#CC#Cc1ccc(C)cc1.[C-]#CC#Cc1ccc(C)cc1.[C-]#CC#Cc1ccc(C)cc1.[C-]#CC#Cc1ccc(C)cc1.[C-]#CC#Cc1ccc(C)cc1.[C-]#CC#Cc1ccc(C)cc1.[C-]#CC#Cc1ccc(C)cc1.[Pt].[Pt]. The van der Waals surface area contributed by atoms with Crippen molar-refractivity contribution in [1.82, 2.24) is 0 Å². The van der Waals surface area contributed by atoms with Crippen LogP contribution in [-0.4, -0.2) is 52.9 Å². The fourth-order valence-electron chi connectivity index (χ4n) is 7.96. The molecule has 0 N–H and O–H groups in total. The minimum Gasteiger partial charge on any atom is -0.381 e. The molecule has 4 aliphatic heterocycles. The van der Waals surface area contributed by atoms with E-state index < -0.39 is 0 Å². The van der Waals surface area contributed by atoms with Crippen LogP contribution in [0.2, 0.25) is 0 Å². The van der Waals surface area contributed by atoms with E-state index in [4.69, 9.17) is 70.3 Å². The molecule has 4 radical (unpaired) electrons. The number of hydrogen-bond donors (Lipinski definition) is 0. The van der Waals surface area contributed by atoms with Gasteiger partial charge in [0.15, 0.2) is 0 Å². The van der Waals surface area contributed by atoms with Crippen LogP contribution >= 0.6 is 0 Å². The van der Waals surface area contributed by atoms with Crippen molar-refractivity contribution in [2.45, 2.75) is 107 Å². The summed E-state index contributed by atoms with van der Waals surface area (Å²) in [5.74, 6) is 57.9. The first-order chi connectivity index (χ1) is 52.6. The van der Waals surface area contributed by atoms with Crippen LogP contribution in [0, 0.1) is 249 Å². The molecule has 8 aromatic carbocycles. The molecule has 0 aromatic heterocycles. The van der Waals surface area contributed by atoms with Gasteiger partial charge in [0.2, 0.25) is 0 Å². The molecule has 8 aromatic rings. The van der Waals surface area contributed by atoms with Crippen molar-refractivity contribution in [3.8, 4) is 142 Å². The van der Waals surface area contributed by atoms with Gasteiger partial charge in [-0.2, -0.15) is 47.4 Å². The molecular formula is C104H88Ag4O4Pt2-8. The Morgan fingerprint density at radius 1 is 0.175 bits per heavy atom. The van der Waals surface area contributed by atoms with Crippen LogP contribution in [-0.2, 0) is 151 Å². The maximum Gasteiger partial charge on any atom is 0.0466 e. The van der Waals surface area contributed by atoms with Gasteiger partial charge in [0, 0.05) is 229 Å². The van der Waals surface area contributed by atoms with Crippen molar-refractivity contribution in [2.24, 2.45) is 0 Å². The Bertz CT molecular complexity index is 3850. The number of aryl methyl sites for hydroxylation is 8. The van der Waals surface area contributed by atoms with E-state index in [0.717, 1.165) is 97.4 Å². The molecule has 0 spiro atoms. The van der Waals surface area contributed by atoms with E-state index in [0.29, 0.717) is 0 Å². The molecular weight excluding hydrogens is 2130 g/mol. The van der Waals surface area contributed by atoms with Gasteiger partial charge in [-0.25, -0.2) is 47.4 Å². The van der Waals surface area contributed by atoms with Crippen molar-refractivity contribution < 1.29 is 151 Å². The summed E-state index contributed by atoms with van der Waals surface area (Å²) in [6, 6.07) is 62.8. The molecule has 10 heteroatoms. The number of ether oxygens (including phenoxy) is 4. The quantitative estimate of drug-likeness (QED) is 0.0861. The summed E-state index contributed by atoms with van der Waals surface area (Å²) >= 11 is 0. The van der Waals surface area contributed by atoms with Gasteiger partial charge in [0.1, 0.15) is 0 Å². The van der Waals surface area contributed by atoms with E-state index in [-0.39, 0.29) is 132 Å². The first-order valence-corrected chi connectivity index (χ1v) is 34.9. The van der Waals surface area contributed by atoms with E-state index in [9.17, 15) is 0 Å². The zero-order valence-electron chi connectivity index (χ0n) is 65.3. The maximum absolute atomic E-state index is 6.57. The fourth-order valence-corrected chi connectivity index (χ4v) is 7.96. The van der Waals surface area contributed by atoms with E-state index in [2.05, 4.69) is 94.7 Å². The Morgan fingerprint density at radius 3 is 0.325 bits per heavy atom. The molecule has 4 saturated heterocycles. The van der Waals surface area contributed by atoms with Crippen LogP contribution in [0.4, 0.5) is 0 Å². The van der Waals surface area contributed by atoms with Crippen molar-refractivity contribution in [3.63, 3.8) is 0 Å². The summed E-state index contributed by atoms with van der Waals surface area (Å²) in [5.41, 5.74) is 17.1. The average molecular weight is 2220 g/mol. The average Bonchev–Trinajstić information content (AvgIpc) is 1.82. The van der Waals surface area contributed by atoms with E-state index in [1.165, 1.54) is 95.9 Å². The van der Waals surface area contributed by atoms with Crippen LogP contribution in [0.25, 0.3) is 0 Å². The van der Waals surface area contributed by atoms with E-state index in [1.54, 1.807) is 0 Å². The second kappa shape index (κ2) is 83.3. The maximum atomic E-state index is 6.57. The smallest absolute Gasteiger partial charge is 0.0466 e. The monoisotopic (exact) mass is 2220 g/mol. The van der Waals surface area contributed by atoms with Crippen LogP contribution in [0.15, 0.2) is 194 Å². The van der Waals surface area contributed by atoms with E-state index >= 15 is 0 Å². The normalized spacial score (nSPS) is 10.1. The largest absolute Gasteiger partial charge is 0.381 e. The summed E-state index contributed by atoms with van der Waals surface area (Å²) in [5, 5.41) is 0. The second-order valence-electron chi connectivity index (χ2n) is 23.2. The molecule has 600 valence electrons. The molecule has 0 saturated carbocycles. The number of rotatable bonds is 0. The summed E-state index contributed by atoms with van der Waals surface area (Å²) in [6.45, 7) is 24.2. The zero-order chi connectivity index (χ0) is 79.0. The zero-order valence-corrected chi connectivity index (χ0v) is 75.7. The topological polar surface area (TPSA) is 36.9 Å². The molecule has 0 atom stereocenters. The molecule has 0 amide bonds. The van der Waals surface area contributed by atoms with Gasteiger partial charge >= 0.3 is 0 Å². The minimum atomic E-state index is 0. The molecule has 4 aliphatic rings. The Labute approximate surface area is 778 Å². The third-order valence-electron chi connectivity index (χ3n) is 13.9. The Morgan fingerprint density at radius 2 is 0.263 bits per heavy atom. The van der Waals surface area contributed by atoms with Crippen LogP contribution in [0.3, 0.4) is 0 Å². The summed E-state index contributed by atoms with van der Waals surface area (Å²) in [7, 11) is 0. The van der Waals surface area contributed by atoms with Crippen LogP contribution < -0.4 is 0 Å². The molecule has 4 heterocycles. The Kier molecular flexibility index (Phi) is 84.6. The third-order valence-corrected chi connectivity index (χ3v) is 13.9. The first kappa shape index (κ1) is 116. The molecule has 0 unspecified atom stereocenters. The van der Waals surface area contributed by atoms with Crippen molar-refractivity contribution in [2.75, 3.05) is 52.9 Å². The Hall–Kier alpha value is -9.10. The van der Waals surface area contributed by atoms with Crippen molar-refractivity contribution >= 4 is 0 Å². The second-order valence-corrected chi connectivity index (χ2v) is 23.2. The summed E-state index contributed by atoms with van der Waals surface area (Å²) in [4.78, 5) is 0. The standard InChI is InChI=1S/8C11H7.4C4H8O.4Ag.2Pt/c8*1-3-4-5-11-8-6-10(2)7-9-11;4*1-2-4-5-3-1;;;;;;/h8*6-9H,2H3;4*1-4H2;;;;;;/q8*-1;;;;;;;;;;. The van der Waals surface area contributed by atoms with Crippen LogP contribution in [0.1, 0.15) is 140 Å². The number of benzene rings is 8. The van der Waals surface area contributed by atoms with Gasteiger partial charge in [-0.15, -0.1) is 0 Å². The van der Waals surface area contributed by atoms with Gasteiger partial charge in [0.25, 0.3) is 0 Å². The van der Waals surface area contributed by atoms with Gasteiger partial charge < -0.3 is 70.3 Å². The molecule has 0 aliphatic carbocycles. The first-order valence-electron chi connectivity index (χ1n) is 34.9. The summed E-state index contributed by atoms with van der Waals surface area (Å²) < 4.78 is 19.8. The van der Waals surface area contributed by atoms with E-state index in [1.807, 2.05) is 297 Å². The molecule has 4 fully saturated rings. The van der Waals surface area contributed by atoms with Gasteiger partial charge in [-0.05, 0) is 204 Å². The predicted octanol–water partition coefficient (Wildman–Crippen LogP) is 18.7.